The lowest BCUT2D eigenvalue weighted by molar-refractivity contribution is -0.121. The maximum Gasteiger partial charge on any atom is 0.271 e. The van der Waals surface area contributed by atoms with E-state index in [-0.39, 0.29) is 23.9 Å². The number of halogens is 1. The molecule has 0 heterocycles. The fourth-order valence-corrected chi connectivity index (χ4v) is 2.50. The summed E-state index contributed by atoms with van der Waals surface area (Å²) in [5, 5.41) is 0. The lowest BCUT2D eigenvalue weighted by Crippen LogP contribution is -2.34. The topological polar surface area (TPSA) is 72.5 Å². The molecule has 0 aliphatic heterocycles. The molecule has 112 valence electrons. The van der Waals surface area contributed by atoms with Gasteiger partial charge in [0.1, 0.15) is 5.75 Å². The van der Waals surface area contributed by atoms with Crippen LogP contribution in [0.5, 0.6) is 5.75 Å². The van der Waals surface area contributed by atoms with Crippen LogP contribution in [0, 0.1) is 0 Å². The number of rotatable bonds is 5. The van der Waals surface area contributed by atoms with Gasteiger partial charge in [-0.1, -0.05) is 36.4 Å². The van der Waals surface area contributed by atoms with Crippen LogP contribution in [0.2, 0.25) is 0 Å². The minimum Gasteiger partial charge on any atom is -0.484 e. The van der Waals surface area contributed by atoms with Crippen LogP contribution >= 0.6 is 12.4 Å². The normalized spacial score (nSPS) is 10.3. The Balaban J connectivity index is 0.00000220. The van der Waals surface area contributed by atoms with Gasteiger partial charge in [0.15, 0.2) is 6.61 Å². The SMILES string of the molecule is Cl.O=C(COc1ccccc1)NS(=O)(=O)c1ccccc1. The highest BCUT2D eigenvalue weighted by Crippen LogP contribution is 2.09. The molecule has 21 heavy (non-hydrogen) atoms. The van der Waals surface area contributed by atoms with Crippen molar-refractivity contribution in [2.75, 3.05) is 6.61 Å². The number of para-hydroxylation sites is 1. The van der Waals surface area contributed by atoms with Gasteiger partial charge in [-0.2, -0.15) is 0 Å². The molecule has 0 spiro atoms. The Morgan fingerprint density at radius 1 is 0.952 bits per heavy atom. The van der Waals surface area contributed by atoms with Gasteiger partial charge in [0.05, 0.1) is 4.90 Å². The highest BCUT2D eigenvalue weighted by molar-refractivity contribution is 7.90. The molecule has 0 saturated heterocycles. The van der Waals surface area contributed by atoms with Crippen LogP contribution in [0.3, 0.4) is 0 Å². The third kappa shape index (κ3) is 5.09. The number of amides is 1. The van der Waals surface area contributed by atoms with Crippen LogP contribution in [0.1, 0.15) is 0 Å². The van der Waals surface area contributed by atoms with Gasteiger partial charge in [-0.3, -0.25) is 4.79 Å². The van der Waals surface area contributed by atoms with E-state index in [1.54, 1.807) is 42.5 Å². The molecule has 0 aliphatic rings. The Bertz CT molecular complexity index is 675. The van der Waals surface area contributed by atoms with Crippen LogP contribution in [0.4, 0.5) is 0 Å². The summed E-state index contributed by atoms with van der Waals surface area (Å²) in [6.07, 6.45) is 0. The molecule has 0 aromatic heterocycles. The van der Waals surface area contributed by atoms with E-state index >= 15 is 0 Å². The van der Waals surface area contributed by atoms with Crippen molar-refractivity contribution >= 4 is 28.3 Å². The monoisotopic (exact) mass is 327 g/mol. The lowest BCUT2D eigenvalue weighted by Gasteiger charge is -2.08. The van der Waals surface area contributed by atoms with Crippen molar-refractivity contribution in [2.45, 2.75) is 4.90 Å². The molecule has 0 fully saturated rings. The summed E-state index contributed by atoms with van der Waals surface area (Å²) in [5.74, 6) is -0.225. The van der Waals surface area contributed by atoms with E-state index in [1.807, 2.05) is 10.8 Å². The number of sulfonamides is 1. The third-order valence-electron chi connectivity index (χ3n) is 2.41. The molecule has 0 saturated carbocycles. The fraction of sp³-hybridized carbons (Fsp3) is 0.0714. The quantitative estimate of drug-likeness (QED) is 0.911. The summed E-state index contributed by atoms with van der Waals surface area (Å²) in [6, 6.07) is 16.4. The number of nitrogens with one attached hydrogen (secondary N) is 1. The van der Waals surface area contributed by atoms with Gasteiger partial charge in [0.25, 0.3) is 15.9 Å². The summed E-state index contributed by atoms with van der Waals surface area (Å²) in [7, 11) is -3.84. The van der Waals surface area contributed by atoms with Crippen LogP contribution in [0.15, 0.2) is 65.6 Å². The van der Waals surface area contributed by atoms with E-state index in [4.69, 9.17) is 4.74 Å². The summed E-state index contributed by atoms with van der Waals surface area (Å²) in [5.41, 5.74) is 0. The number of hydrogen-bond acceptors (Lipinski definition) is 4. The molecule has 0 aliphatic carbocycles. The van der Waals surface area contributed by atoms with Gasteiger partial charge in [-0.25, -0.2) is 13.1 Å². The highest BCUT2D eigenvalue weighted by Gasteiger charge is 2.17. The van der Waals surface area contributed by atoms with Crippen LogP contribution < -0.4 is 9.46 Å². The molecule has 5 nitrogen and oxygen atoms in total. The minimum absolute atomic E-state index is 0. The van der Waals surface area contributed by atoms with Crippen molar-refractivity contribution in [3.05, 3.63) is 60.7 Å². The molecular weight excluding hydrogens is 314 g/mol. The average Bonchev–Trinajstić information content (AvgIpc) is 2.47. The van der Waals surface area contributed by atoms with Crippen molar-refractivity contribution in [3.63, 3.8) is 0 Å². The first kappa shape index (κ1) is 17.0. The van der Waals surface area contributed by atoms with Gasteiger partial charge in [-0.05, 0) is 24.3 Å². The van der Waals surface area contributed by atoms with Gasteiger partial charge in [0, 0.05) is 0 Å². The molecule has 0 atom stereocenters. The zero-order valence-corrected chi connectivity index (χ0v) is 12.6. The molecule has 0 unspecified atom stereocenters. The fourth-order valence-electron chi connectivity index (χ4n) is 1.50. The predicted molar refractivity (Wildman–Crippen MR) is 81.0 cm³/mol. The van der Waals surface area contributed by atoms with E-state index in [0.29, 0.717) is 5.75 Å². The molecule has 2 aromatic rings. The Kier molecular flexibility index (Phi) is 6.20. The molecule has 0 radical (unpaired) electrons. The van der Waals surface area contributed by atoms with E-state index in [1.165, 1.54) is 12.1 Å². The number of benzene rings is 2. The maximum absolute atomic E-state index is 11.9. The Morgan fingerprint density at radius 2 is 1.48 bits per heavy atom. The standard InChI is InChI=1S/C14H13NO4S.ClH/c16-14(11-19-12-7-3-1-4-8-12)15-20(17,18)13-9-5-2-6-10-13;/h1-10H,11H2,(H,15,16);1H. The van der Waals surface area contributed by atoms with Crippen molar-refractivity contribution < 1.29 is 17.9 Å². The van der Waals surface area contributed by atoms with E-state index in [9.17, 15) is 13.2 Å². The summed E-state index contributed by atoms with van der Waals surface area (Å²) >= 11 is 0. The van der Waals surface area contributed by atoms with Crippen molar-refractivity contribution in [2.24, 2.45) is 0 Å². The summed E-state index contributed by atoms with van der Waals surface area (Å²) in [4.78, 5) is 11.6. The van der Waals surface area contributed by atoms with Crippen molar-refractivity contribution in [1.82, 2.24) is 4.72 Å². The molecule has 2 aromatic carbocycles. The number of carbonyl (C=O) groups is 1. The highest BCUT2D eigenvalue weighted by atomic mass is 35.5. The predicted octanol–water partition coefficient (Wildman–Crippen LogP) is 1.99. The molecule has 2 rings (SSSR count). The third-order valence-corrected chi connectivity index (χ3v) is 3.80. The van der Waals surface area contributed by atoms with Gasteiger partial charge >= 0.3 is 0 Å². The van der Waals surface area contributed by atoms with Gasteiger partial charge < -0.3 is 4.74 Å². The van der Waals surface area contributed by atoms with E-state index < -0.39 is 15.9 Å². The van der Waals surface area contributed by atoms with Crippen molar-refractivity contribution in [1.29, 1.82) is 0 Å². The molecule has 7 heteroatoms. The molecular formula is C14H14ClNO4S. The lowest BCUT2D eigenvalue weighted by atomic mass is 10.3. The van der Waals surface area contributed by atoms with Crippen LogP contribution in [-0.4, -0.2) is 20.9 Å². The molecule has 1 N–H and O–H groups in total. The summed E-state index contributed by atoms with van der Waals surface area (Å²) < 4.78 is 30.9. The Labute approximate surface area is 129 Å². The maximum atomic E-state index is 11.9. The number of carbonyl (C=O) groups excluding carboxylic acids is 1. The second-order valence-corrected chi connectivity index (χ2v) is 5.63. The first-order chi connectivity index (χ1) is 9.58. The first-order valence-corrected chi connectivity index (χ1v) is 7.35. The zero-order chi connectivity index (χ0) is 14.4. The zero-order valence-electron chi connectivity index (χ0n) is 10.9. The van der Waals surface area contributed by atoms with Crippen LogP contribution in [0.25, 0.3) is 0 Å². The Hall–Kier alpha value is -2.05. The second-order valence-electron chi connectivity index (χ2n) is 3.94. The summed E-state index contributed by atoms with van der Waals surface area (Å²) in [6.45, 7) is -0.365. The Morgan fingerprint density at radius 3 is 2.05 bits per heavy atom. The number of hydrogen-bond donors (Lipinski definition) is 1. The molecule has 0 bridgehead atoms. The first-order valence-electron chi connectivity index (χ1n) is 5.86. The van der Waals surface area contributed by atoms with Crippen LogP contribution in [-0.2, 0) is 14.8 Å². The average molecular weight is 328 g/mol. The van der Waals surface area contributed by atoms with E-state index in [0.717, 1.165) is 0 Å². The largest absolute Gasteiger partial charge is 0.484 e. The number of ether oxygens (including phenoxy) is 1. The van der Waals surface area contributed by atoms with E-state index in [2.05, 4.69) is 0 Å². The molecule has 1 amide bonds. The van der Waals surface area contributed by atoms with Gasteiger partial charge in [-0.15, -0.1) is 12.4 Å². The minimum atomic E-state index is -3.84. The second kappa shape index (κ2) is 7.66. The smallest absolute Gasteiger partial charge is 0.271 e. The van der Waals surface area contributed by atoms with Gasteiger partial charge in [0.2, 0.25) is 0 Å². The van der Waals surface area contributed by atoms with Crippen molar-refractivity contribution in [3.8, 4) is 5.75 Å².